The van der Waals surface area contributed by atoms with E-state index in [-0.39, 0.29) is 28.3 Å². The second-order valence-electron chi connectivity index (χ2n) is 7.42. The number of amides is 1. The molecule has 1 amide bonds. The molecule has 2 N–H and O–H groups in total. The normalized spacial score (nSPS) is 13.6. The van der Waals surface area contributed by atoms with Crippen LogP contribution in [0.15, 0.2) is 33.8 Å². The van der Waals surface area contributed by atoms with Crippen LogP contribution in [0.4, 0.5) is 0 Å². The number of carbonyl (C=O) groups is 3. The number of aromatic nitrogens is 1. The van der Waals surface area contributed by atoms with Gasteiger partial charge in [0.2, 0.25) is 17.8 Å². The quantitative estimate of drug-likeness (QED) is 0.454. The predicted molar refractivity (Wildman–Crippen MR) is 120 cm³/mol. The Bertz CT molecular complexity index is 891. The molecule has 6 heteroatoms. The van der Waals surface area contributed by atoms with Crippen molar-refractivity contribution in [3.05, 3.63) is 56.2 Å². The molecule has 1 aromatic rings. The first kappa shape index (κ1) is 25.3. The highest BCUT2D eigenvalue weighted by molar-refractivity contribution is 6.28. The van der Waals surface area contributed by atoms with Gasteiger partial charge in [0.15, 0.2) is 5.78 Å². The number of hydrogen-bond acceptors (Lipinski definition) is 4. The number of hydrogen-bond donors (Lipinski definition) is 2. The molecule has 2 rings (SSSR count). The molecule has 164 valence electrons. The molecule has 0 fully saturated rings. The summed E-state index contributed by atoms with van der Waals surface area (Å²) in [6.07, 6.45) is 8.77. The number of nitrogens with one attached hydrogen (secondary N) is 2. The lowest BCUT2D eigenvalue weighted by atomic mass is 9.83. The zero-order chi connectivity index (χ0) is 22.7. The maximum atomic E-state index is 13.3. The topological polar surface area (TPSA) is 96.1 Å². The van der Waals surface area contributed by atoms with Crippen molar-refractivity contribution in [1.29, 1.82) is 0 Å². The van der Waals surface area contributed by atoms with E-state index >= 15 is 0 Å². The molecule has 0 aliphatic heterocycles. The summed E-state index contributed by atoms with van der Waals surface area (Å²) >= 11 is 0. The van der Waals surface area contributed by atoms with Gasteiger partial charge >= 0.3 is 0 Å². The first-order chi connectivity index (χ1) is 14.4. The number of fused-ring (bicyclic) bond motifs is 1. The van der Waals surface area contributed by atoms with E-state index in [1.807, 2.05) is 13.0 Å². The SMILES string of the molecule is CCC.CCCCC/C=C(/C)C1=C(NC=O)C(=O)c2[nH]c(=O)cc(CCC)c2C1=O. The minimum Gasteiger partial charge on any atom is -0.325 e. The monoisotopic (exact) mass is 414 g/mol. The van der Waals surface area contributed by atoms with Crippen LogP contribution in [-0.4, -0.2) is 23.0 Å². The van der Waals surface area contributed by atoms with Crippen molar-refractivity contribution in [1.82, 2.24) is 10.3 Å². The van der Waals surface area contributed by atoms with E-state index in [1.54, 1.807) is 6.92 Å². The third-order valence-corrected chi connectivity index (χ3v) is 4.66. The highest BCUT2D eigenvalue weighted by Crippen LogP contribution is 2.30. The number of H-pyrrole nitrogens is 1. The maximum absolute atomic E-state index is 13.3. The average Bonchev–Trinajstić information content (AvgIpc) is 2.70. The number of pyridine rings is 1. The lowest BCUT2D eigenvalue weighted by Crippen LogP contribution is -2.34. The van der Waals surface area contributed by atoms with Crippen LogP contribution < -0.4 is 10.9 Å². The second-order valence-corrected chi connectivity index (χ2v) is 7.42. The van der Waals surface area contributed by atoms with E-state index in [4.69, 9.17) is 0 Å². The minimum absolute atomic E-state index is 0.0390. The Kier molecular flexibility index (Phi) is 10.7. The lowest BCUT2D eigenvalue weighted by Gasteiger charge is -2.22. The Morgan fingerprint density at radius 1 is 1.03 bits per heavy atom. The van der Waals surface area contributed by atoms with Crippen molar-refractivity contribution in [3.63, 3.8) is 0 Å². The molecular formula is C24H34N2O4. The van der Waals surface area contributed by atoms with Crippen LogP contribution >= 0.6 is 0 Å². The Balaban J connectivity index is 0.00000141. The number of allylic oxidation sites excluding steroid dienone is 4. The smallest absolute Gasteiger partial charge is 0.248 e. The van der Waals surface area contributed by atoms with Gasteiger partial charge in [-0.1, -0.05) is 59.5 Å². The van der Waals surface area contributed by atoms with Gasteiger partial charge in [-0.05, 0) is 37.3 Å². The fourth-order valence-corrected chi connectivity index (χ4v) is 3.37. The van der Waals surface area contributed by atoms with Crippen LogP contribution in [0.2, 0.25) is 0 Å². The molecule has 0 unspecified atom stereocenters. The molecule has 0 radical (unpaired) electrons. The minimum atomic E-state index is -0.539. The maximum Gasteiger partial charge on any atom is 0.248 e. The fourth-order valence-electron chi connectivity index (χ4n) is 3.37. The second kappa shape index (κ2) is 12.7. The van der Waals surface area contributed by atoms with Gasteiger partial charge in [0.25, 0.3) is 0 Å². The first-order valence-corrected chi connectivity index (χ1v) is 10.8. The first-order valence-electron chi connectivity index (χ1n) is 10.8. The molecule has 1 heterocycles. The summed E-state index contributed by atoms with van der Waals surface area (Å²) in [6, 6.07) is 1.38. The van der Waals surface area contributed by atoms with Crippen LogP contribution in [0.5, 0.6) is 0 Å². The van der Waals surface area contributed by atoms with E-state index in [0.717, 1.165) is 32.1 Å². The van der Waals surface area contributed by atoms with E-state index < -0.39 is 11.3 Å². The number of aryl methyl sites for hydroxylation is 1. The highest BCUT2D eigenvalue weighted by atomic mass is 16.2. The number of carbonyl (C=O) groups excluding carboxylic acids is 3. The van der Waals surface area contributed by atoms with Gasteiger partial charge in [-0.2, -0.15) is 0 Å². The van der Waals surface area contributed by atoms with Crippen molar-refractivity contribution >= 4 is 18.0 Å². The Labute approximate surface area is 178 Å². The summed E-state index contributed by atoms with van der Waals surface area (Å²) in [5.41, 5.74) is 1.14. The van der Waals surface area contributed by atoms with Crippen molar-refractivity contribution in [2.45, 2.75) is 79.6 Å². The zero-order valence-corrected chi connectivity index (χ0v) is 18.8. The predicted octanol–water partition coefficient (Wildman–Crippen LogP) is 4.65. The van der Waals surface area contributed by atoms with Gasteiger partial charge in [-0.25, -0.2) is 0 Å². The molecule has 30 heavy (non-hydrogen) atoms. The van der Waals surface area contributed by atoms with E-state index in [0.29, 0.717) is 24.0 Å². The largest absolute Gasteiger partial charge is 0.325 e. The number of rotatable bonds is 9. The fraction of sp³-hybridized carbons (Fsp3) is 0.500. The van der Waals surface area contributed by atoms with Crippen LogP contribution in [0, 0.1) is 0 Å². The summed E-state index contributed by atoms with van der Waals surface area (Å²) in [5, 5.41) is 2.37. The molecule has 0 atom stereocenters. The summed E-state index contributed by atoms with van der Waals surface area (Å²) in [6.45, 7) is 10.1. The molecule has 1 aliphatic carbocycles. The van der Waals surface area contributed by atoms with Crippen LogP contribution in [0.25, 0.3) is 0 Å². The van der Waals surface area contributed by atoms with Crippen LogP contribution in [0.1, 0.15) is 99.6 Å². The summed E-state index contributed by atoms with van der Waals surface area (Å²) in [4.78, 5) is 51.6. The Hall–Kier alpha value is -2.76. The van der Waals surface area contributed by atoms with Crippen molar-refractivity contribution < 1.29 is 14.4 Å². The molecule has 6 nitrogen and oxygen atoms in total. The summed E-state index contributed by atoms with van der Waals surface area (Å²) < 4.78 is 0. The molecule has 0 aromatic carbocycles. The number of aromatic amines is 1. The highest BCUT2D eigenvalue weighted by Gasteiger charge is 2.35. The Morgan fingerprint density at radius 2 is 1.70 bits per heavy atom. The standard InChI is InChI=1S/C21H26N2O4.C3H8/c1-4-6-7-8-10-13(3)16-18(22-12-24)21(27)19-17(20(16)26)14(9-5-2)11-15(25)23-19;1-3-2/h10-12H,4-9H2,1-3H3,(H,22,24)(H,23,25);3H2,1-2H3/b13-10-;. The number of ketones is 2. The molecule has 0 bridgehead atoms. The van der Waals surface area contributed by atoms with Gasteiger partial charge in [0.1, 0.15) is 11.4 Å². The van der Waals surface area contributed by atoms with Crippen LogP contribution in [0.3, 0.4) is 0 Å². The third-order valence-electron chi connectivity index (χ3n) is 4.66. The molecule has 0 saturated carbocycles. The van der Waals surface area contributed by atoms with Gasteiger partial charge in [-0.15, -0.1) is 0 Å². The van der Waals surface area contributed by atoms with Crippen molar-refractivity contribution in [2.75, 3.05) is 0 Å². The van der Waals surface area contributed by atoms with Gasteiger partial charge in [0.05, 0.1) is 11.1 Å². The molecule has 0 saturated heterocycles. The van der Waals surface area contributed by atoms with E-state index in [2.05, 4.69) is 31.1 Å². The lowest BCUT2D eigenvalue weighted by molar-refractivity contribution is -0.108. The number of unbranched alkanes of at least 4 members (excludes halogenated alkanes) is 3. The third kappa shape index (κ3) is 6.12. The van der Waals surface area contributed by atoms with Crippen molar-refractivity contribution in [2.24, 2.45) is 0 Å². The van der Waals surface area contributed by atoms with Gasteiger partial charge in [0, 0.05) is 6.07 Å². The molecule has 1 aromatic heterocycles. The summed E-state index contributed by atoms with van der Waals surface area (Å²) in [7, 11) is 0. The van der Waals surface area contributed by atoms with Crippen molar-refractivity contribution in [3.8, 4) is 0 Å². The summed E-state index contributed by atoms with van der Waals surface area (Å²) in [5.74, 6) is -0.874. The average molecular weight is 415 g/mol. The molecule has 0 spiro atoms. The van der Waals surface area contributed by atoms with Crippen LogP contribution in [-0.2, 0) is 11.2 Å². The number of Topliss-reactive ketones (excluding diaryl/α,β-unsaturated/α-hetero) is 2. The van der Waals surface area contributed by atoms with E-state index in [1.165, 1.54) is 12.5 Å². The van der Waals surface area contributed by atoms with E-state index in [9.17, 15) is 19.2 Å². The zero-order valence-electron chi connectivity index (χ0n) is 18.8. The molecular weight excluding hydrogens is 380 g/mol. The van der Waals surface area contributed by atoms with Gasteiger partial charge < -0.3 is 10.3 Å². The molecule has 1 aliphatic rings. The van der Waals surface area contributed by atoms with Gasteiger partial charge in [-0.3, -0.25) is 19.2 Å². The Morgan fingerprint density at radius 3 is 2.27 bits per heavy atom.